The van der Waals surface area contributed by atoms with Crippen LogP contribution in [0.25, 0.3) is 16.6 Å². The Bertz CT molecular complexity index is 950. The number of nitrogens with zero attached hydrogens (tertiary/aromatic N) is 4. The van der Waals surface area contributed by atoms with Crippen LogP contribution in [0.3, 0.4) is 0 Å². The number of carbonyl (C=O) groups is 1. The van der Waals surface area contributed by atoms with E-state index in [1.165, 1.54) is 0 Å². The molecule has 0 saturated carbocycles. The number of hydrogen-bond donors (Lipinski definition) is 0. The Morgan fingerprint density at radius 1 is 1.36 bits per heavy atom. The second-order valence-electron chi connectivity index (χ2n) is 5.68. The van der Waals surface area contributed by atoms with Crippen LogP contribution in [-0.4, -0.2) is 53.2 Å². The molecule has 0 atom stereocenters. The fourth-order valence-corrected chi connectivity index (χ4v) is 3.32. The minimum Gasteiger partial charge on any atom is -0.461 e. The third-order valence-electron chi connectivity index (χ3n) is 4.21. The van der Waals surface area contributed by atoms with Gasteiger partial charge in [-0.2, -0.15) is 0 Å². The molecule has 2 aromatic heterocycles. The quantitative estimate of drug-likeness (QED) is 0.669. The second-order valence-corrected chi connectivity index (χ2v) is 6.08. The zero-order valence-corrected chi connectivity index (χ0v) is 14.5. The number of morpholine rings is 1. The third-order valence-corrected chi connectivity index (χ3v) is 4.52. The Kier molecular flexibility index (Phi) is 4.19. The zero-order chi connectivity index (χ0) is 17.4. The van der Waals surface area contributed by atoms with Crippen molar-refractivity contribution in [3.05, 3.63) is 35.2 Å². The van der Waals surface area contributed by atoms with Crippen LogP contribution in [0.2, 0.25) is 5.02 Å². The Morgan fingerprint density at radius 3 is 2.92 bits per heavy atom. The predicted octanol–water partition coefficient (Wildman–Crippen LogP) is 2.55. The van der Waals surface area contributed by atoms with Crippen LogP contribution >= 0.6 is 11.6 Å². The van der Waals surface area contributed by atoms with Gasteiger partial charge < -0.3 is 14.4 Å². The molecule has 0 N–H and O–H groups in total. The fraction of sp³-hybridized carbons (Fsp3) is 0.353. The molecule has 130 valence electrons. The van der Waals surface area contributed by atoms with Crippen LogP contribution < -0.4 is 4.90 Å². The average molecular weight is 361 g/mol. The molecule has 1 fully saturated rings. The van der Waals surface area contributed by atoms with Crippen LogP contribution in [0.1, 0.15) is 17.4 Å². The lowest BCUT2D eigenvalue weighted by atomic mass is 10.2. The highest BCUT2D eigenvalue weighted by Crippen LogP contribution is 2.33. The number of benzene rings is 1. The van der Waals surface area contributed by atoms with Crippen molar-refractivity contribution >= 4 is 39.9 Å². The molecule has 1 aliphatic rings. The second kappa shape index (κ2) is 6.50. The summed E-state index contributed by atoms with van der Waals surface area (Å²) in [4.78, 5) is 23.3. The molecular weight excluding hydrogens is 344 g/mol. The number of fused-ring (bicyclic) bond motifs is 3. The summed E-state index contributed by atoms with van der Waals surface area (Å²) in [7, 11) is 0. The molecule has 0 aliphatic carbocycles. The van der Waals surface area contributed by atoms with Gasteiger partial charge in [-0.25, -0.2) is 14.8 Å². The van der Waals surface area contributed by atoms with E-state index in [1.54, 1.807) is 17.7 Å². The standard InChI is InChI=1S/C17H17ClN4O3/c1-2-25-17(23)14-16-20-15(21-6-8-24-9-7-21)13-11(18)4-3-5-12(13)22(16)10-19-14/h3-5,10H,2,6-9H2,1H3. The van der Waals surface area contributed by atoms with Crippen molar-refractivity contribution in [2.24, 2.45) is 0 Å². The van der Waals surface area contributed by atoms with Gasteiger partial charge in [-0.15, -0.1) is 0 Å². The van der Waals surface area contributed by atoms with Crippen molar-refractivity contribution in [1.82, 2.24) is 14.4 Å². The smallest absolute Gasteiger partial charge is 0.360 e. The van der Waals surface area contributed by atoms with Crippen molar-refractivity contribution in [3.8, 4) is 0 Å². The van der Waals surface area contributed by atoms with E-state index in [4.69, 9.17) is 26.1 Å². The van der Waals surface area contributed by atoms with Gasteiger partial charge in [0, 0.05) is 13.1 Å². The number of hydrogen-bond acceptors (Lipinski definition) is 6. The highest BCUT2D eigenvalue weighted by molar-refractivity contribution is 6.36. The molecule has 7 nitrogen and oxygen atoms in total. The number of halogens is 1. The molecule has 0 unspecified atom stereocenters. The van der Waals surface area contributed by atoms with Gasteiger partial charge in [0.25, 0.3) is 0 Å². The number of aromatic nitrogens is 3. The molecular formula is C17H17ClN4O3. The van der Waals surface area contributed by atoms with Gasteiger partial charge in [0.1, 0.15) is 12.1 Å². The number of imidazole rings is 1. The van der Waals surface area contributed by atoms with Crippen molar-refractivity contribution in [2.45, 2.75) is 6.92 Å². The average Bonchev–Trinajstić information content (AvgIpc) is 3.06. The van der Waals surface area contributed by atoms with Crippen LogP contribution in [0.4, 0.5) is 5.82 Å². The van der Waals surface area contributed by atoms with Gasteiger partial charge in [-0.3, -0.25) is 4.40 Å². The molecule has 4 rings (SSSR count). The summed E-state index contributed by atoms with van der Waals surface area (Å²) in [6, 6.07) is 5.65. The summed E-state index contributed by atoms with van der Waals surface area (Å²) < 4.78 is 12.3. The number of rotatable bonds is 3. The van der Waals surface area contributed by atoms with Crippen molar-refractivity contribution in [2.75, 3.05) is 37.8 Å². The maximum atomic E-state index is 12.2. The maximum absolute atomic E-state index is 12.2. The lowest BCUT2D eigenvalue weighted by Gasteiger charge is -2.29. The maximum Gasteiger partial charge on any atom is 0.360 e. The molecule has 3 aromatic rings. The van der Waals surface area contributed by atoms with E-state index >= 15 is 0 Å². The molecule has 0 bridgehead atoms. The summed E-state index contributed by atoms with van der Waals surface area (Å²) in [6.07, 6.45) is 1.58. The van der Waals surface area contributed by atoms with Crippen LogP contribution in [0.5, 0.6) is 0 Å². The molecule has 0 spiro atoms. The molecule has 0 radical (unpaired) electrons. The Labute approximate surface area is 149 Å². The van der Waals surface area contributed by atoms with E-state index in [2.05, 4.69) is 9.88 Å². The summed E-state index contributed by atoms with van der Waals surface area (Å²) in [5.74, 6) is 0.259. The topological polar surface area (TPSA) is 69.0 Å². The van der Waals surface area contributed by atoms with Gasteiger partial charge in [0.2, 0.25) is 0 Å². The van der Waals surface area contributed by atoms with Crippen LogP contribution in [-0.2, 0) is 9.47 Å². The monoisotopic (exact) mass is 360 g/mol. The first-order valence-electron chi connectivity index (χ1n) is 8.15. The summed E-state index contributed by atoms with van der Waals surface area (Å²) in [5, 5.41) is 1.45. The SMILES string of the molecule is CCOC(=O)c1ncn2c1nc(N1CCOCC1)c1c(Cl)cccc12. The van der Waals surface area contributed by atoms with E-state index in [0.717, 1.165) is 16.7 Å². The molecule has 1 saturated heterocycles. The minimum atomic E-state index is -0.480. The van der Waals surface area contributed by atoms with Gasteiger partial charge in [0.15, 0.2) is 11.3 Å². The lowest BCUT2D eigenvalue weighted by molar-refractivity contribution is 0.0522. The fourth-order valence-electron chi connectivity index (χ4n) is 3.06. The highest BCUT2D eigenvalue weighted by Gasteiger charge is 2.23. The molecule has 1 aromatic carbocycles. The first-order valence-corrected chi connectivity index (χ1v) is 8.53. The van der Waals surface area contributed by atoms with Gasteiger partial charge >= 0.3 is 5.97 Å². The number of anilines is 1. The first-order chi connectivity index (χ1) is 12.2. The third kappa shape index (κ3) is 2.69. The molecule has 0 amide bonds. The predicted molar refractivity (Wildman–Crippen MR) is 94.5 cm³/mol. The molecule has 1 aliphatic heterocycles. The highest BCUT2D eigenvalue weighted by atomic mass is 35.5. The summed E-state index contributed by atoms with van der Waals surface area (Å²) in [5.41, 5.74) is 1.52. The normalized spacial score (nSPS) is 15.0. The van der Waals surface area contributed by atoms with E-state index < -0.39 is 5.97 Å². The molecule has 8 heteroatoms. The van der Waals surface area contributed by atoms with Crippen molar-refractivity contribution < 1.29 is 14.3 Å². The largest absolute Gasteiger partial charge is 0.461 e. The summed E-state index contributed by atoms with van der Waals surface area (Å²) in [6.45, 7) is 4.73. The van der Waals surface area contributed by atoms with Gasteiger partial charge in [-0.1, -0.05) is 17.7 Å². The van der Waals surface area contributed by atoms with E-state index in [-0.39, 0.29) is 12.3 Å². The number of carbonyl (C=O) groups excluding carboxylic acids is 1. The van der Waals surface area contributed by atoms with Gasteiger partial charge in [-0.05, 0) is 19.1 Å². The molecule has 3 heterocycles. The van der Waals surface area contributed by atoms with E-state index in [9.17, 15) is 4.79 Å². The minimum absolute atomic E-state index is 0.207. The van der Waals surface area contributed by atoms with E-state index in [0.29, 0.717) is 37.0 Å². The van der Waals surface area contributed by atoms with Crippen molar-refractivity contribution in [3.63, 3.8) is 0 Å². The first kappa shape index (κ1) is 16.1. The number of ether oxygens (including phenoxy) is 2. The molecule has 25 heavy (non-hydrogen) atoms. The van der Waals surface area contributed by atoms with Crippen molar-refractivity contribution in [1.29, 1.82) is 0 Å². The van der Waals surface area contributed by atoms with Gasteiger partial charge in [0.05, 0.1) is 35.7 Å². The Morgan fingerprint density at radius 2 is 2.16 bits per heavy atom. The van der Waals surface area contributed by atoms with Crippen LogP contribution in [0.15, 0.2) is 24.5 Å². The lowest BCUT2D eigenvalue weighted by Crippen LogP contribution is -2.37. The number of esters is 1. The van der Waals surface area contributed by atoms with Crippen LogP contribution in [0, 0.1) is 0 Å². The summed E-state index contributed by atoms with van der Waals surface area (Å²) >= 11 is 6.48. The Hall–Kier alpha value is -2.38. The van der Waals surface area contributed by atoms with E-state index in [1.807, 2.05) is 18.2 Å². The Balaban J connectivity index is 1.99. The zero-order valence-electron chi connectivity index (χ0n) is 13.7.